The molecule has 1 heterocycles. The topological polar surface area (TPSA) is 75.7 Å². The number of ether oxygens (including phenoxy) is 1. The molecule has 0 aromatic heterocycles. The molecule has 4 rings (SSSR count). The van der Waals surface area contributed by atoms with Gasteiger partial charge in [0, 0.05) is 29.4 Å². The number of likely N-dealkylation sites (tertiary alicyclic amines) is 1. The third-order valence-corrected chi connectivity index (χ3v) is 8.42. The van der Waals surface area contributed by atoms with E-state index < -0.39 is 10.0 Å². The smallest absolute Gasteiger partial charge is 0.261 e. The quantitative estimate of drug-likeness (QED) is 0.388. The molecule has 1 N–H and O–H groups in total. The number of sulfonamides is 1. The van der Waals surface area contributed by atoms with Gasteiger partial charge >= 0.3 is 0 Å². The molecule has 8 heteroatoms. The van der Waals surface area contributed by atoms with Crippen LogP contribution in [0.5, 0.6) is 5.75 Å². The van der Waals surface area contributed by atoms with Crippen LogP contribution in [0, 0.1) is 0 Å². The average Bonchev–Trinajstić information content (AvgIpc) is 3.18. The van der Waals surface area contributed by atoms with Crippen LogP contribution in [0.3, 0.4) is 0 Å². The minimum atomic E-state index is -3.88. The number of amides is 1. The van der Waals surface area contributed by atoms with Crippen LogP contribution in [0.15, 0.2) is 82.6 Å². The third kappa shape index (κ3) is 6.58. The molecule has 3 aromatic rings. The minimum Gasteiger partial charge on any atom is -0.496 e. The number of carbonyl (C=O) groups excluding carboxylic acids is 1. The van der Waals surface area contributed by atoms with Crippen LogP contribution >= 0.6 is 11.8 Å². The lowest BCUT2D eigenvalue weighted by Gasteiger charge is -2.22. The summed E-state index contributed by atoms with van der Waals surface area (Å²) < 4.78 is 34.3. The van der Waals surface area contributed by atoms with Crippen molar-refractivity contribution in [3.8, 4) is 5.75 Å². The van der Waals surface area contributed by atoms with E-state index in [-0.39, 0.29) is 16.4 Å². The van der Waals surface area contributed by atoms with Crippen molar-refractivity contribution < 1.29 is 17.9 Å². The molecule has 0 atom stereocenters. The zero-order valence-electron chi connectivity index (χ0n) is 19.8. The molecule has 0 spiro atoms. The average molecular weight is 511 g/mol. The molecule has 0 saturated carbocycles. The Morgan fingerprint density at radius 3 is 2.29 bits per heavy atom. The van der Waals surface area contributed by atoms with Crippen molar-refractivity contribution in [1.29, 1.82) is 0 Å². The number of hydrogen-bond donors (Lipinski definition) is 1. The fourth-order valence-corrected chi connectivity index (χ4v) is 5.99. The first-order chi connectivity index (χ1) is 17.0. The van der Waals surface area contributed by atoms with Crippen molar-refractivity contribution in [2.75, 3.05) is 24.9 Å². The van der Waals surface area contributed by atoms with Crippen LogP contribution in [-0.4, -0.2) is 39.4 Å². The Morgan fingerprint density at radius 1 is 0.943 bits per heavy atom. The third-order valence-electron chi connectivity index (χ3n) is 5.96. The van der Waals surface area contributed by atoms with E-state index in [1.165, 1.54) is 24.1 Å². The van der Waals surface area contributed by atoms with Crippen molar-refractivity contribution in [1.82, 2.24) is 4.90 Å². The van der Waals surface area contributed by atoms with Crippen LogP contribution in [0.2, 0.25) is 0 Å². The molecule has 3 aromatic carbocycles. The van der Waals surface area contributed by atoms with E-state index in [9.17, 15) is 13.2 Å². The van der Waals surface area contributed by atoms with Gasteiger partial charge in [-0.2, -0.15) is 0 Å². The van der Waals surface area contributed by atoms with E-state index in [4.69, 9.17) is 4.74 Å². The maximum atomic E-state index is 13.2. The maximum Gasteiger partial charge on any atom is 0.261 e. The molecule has 35 heavy (non-hydrogen) atoms. The molecule has 1 aliphatic heterocycles. The van der Waals surface area contributed by atoms with Crippen LogP contribution in [-0.2, 0) is 15.8 Å². The van der Waals surface area contributed by atoms with Crippen LogP contribution < -0.4 is 9.46 Å². The standard InChI is InChI=1S/C27H30N2O4S2/c1-33-26-16-15-24(19-25(26)27(30)29-17-7-2-3-8-18-29)35(31,32)28-22-13-11-21(12-14-22)20-34-23-9-5-4-6-10-23/h4-6,9-16,19,28H,2-3,7-8,17-18,20H2,1H3. The summed E-state index contributed by atoms with van der Waals surface area (Å²) in [5.74, 6) is 0.969. The number of hydrogen-bond acceptors (Lipinski definition) is 5. The molecule has 0 aliphatic carbocycles. The molecule has 0 bridgehead atoms. The van der Waals surface area contributed by atoms with Gasteiger partial charge in [-0.15, -0.1) is 11.8 Å². The summed E-state index contributed by atoms with van der Waals surface area (Å²) in [6, 6.07) is 21.9. The monoisotopic (exact) mass is 510 g/mol. The Kier molecular flexibility index (Phi) is 8.36. The first-order valence-electron chi connectivity index (χ1n) is 11.7. The molecular weight excluding hydrogens is 480 g/mol. The van der Waals surface area contributed by atoms with Crippen molar-refractivity contribution in [3.63, 3.8) is 0 Å². The predicted octanol–water partition coefficient (Wildman–Crippen LogP) is 5.80. The number of methoxy groups -OCH3 is 1. The van der Waals surface area contributed by atoms with Gasteiger partial charge in [0.25, 0.3) is 15.9 Å². The highest BCUT2D eigenvalue weighted by Crippen LogP contribution is 2.27. The highest BCUT2D eigenvalue weighted by atomic mass is 32.2. The Morgan fingerprint density at radius 2 is 1.63 bits per heavy atom. The summed E-state index contributed by atoms with van der Waals surface area (Å²) >= 11 is 1.72. The fourth-order valence-electron chi connectivity index (χ4n) is 4.03. The lowest BCUT2D eigenvalue weighted by atomic mass is 10.1. The van der Waals surface area contributed by atoms with E-state index in [1.54, 1.807) is 34.9 Å². The normalized spacial score (nSPS) is 14.3. The second-order valence-electron chi connectivity index (χ2n) is 8.47. The molecule has 6 nitrogen and oxygen atoms in total. The Hall–Kier alpha value is -2.97. The highest BCUT2D eigenvalue weighted by Gasteiger charge is 2.24. The second-order valence-corrected chi connectivity index (χ2v) is 11.2. The van der Waals surface area contributed by atoms with Gasteiger partial charge in [-0.25, -0.2) is 8.42 Å². The Balaban J connectivity index is 1.48. The summed E-state index contributed by atoms with van der Waals surface area (Å²) in [5, 5.41) is 0. The fraction of sp³-hybridized carbons (Fsp3) is 0.296. The van der Waals surface area contributed by atoms with Crippen LogP contribution in [0.1, 0.15) is 41.6 Å². The molecule has 184 valence electrons. The number of thioether (sulfide) groups is 1. The van der Waals surface area contributed by atoms with Gasteiger partial charge in [0.15, 0.2) is 0 Å². The lowest BCUT2D eigenvalue weighted by molar-refractivity contribution is 0.0758. The second kappa shape index (κ2) is 11.6. The molecule has 1 fully saturated rings. The predicted molar refractivity (Wildman–Crippen MR) is 141 cm³/mol. The molecule has 1 aliphatic rings. The SMILES string of the molecule is COc1ccc(S(=O)(=O)Nc2ccc(CSc3ccccc3)cc2)cc1C(=O)N1CCCCCC1. The van der Waals surface area contributed by atoms with Crippen LogP contribution in [0.25, 0.3) is 0 Å². The van der Waals surface area contributed by atoms with E-state index in [0.717, 1.165) is 37.0 Å². The van der Waals surface area contributed by atoms with Gasteiger partial charge in [0.1, 0.15) is 5.75 Å². The van der Waals surface area contributed by atoms with E-state index in [2.05, 4.69) is 16.9 Å². The van der Waals surface area contributed by atoms with E-state index >= 15 is 0 Å². The molecule has 1 amide bonds. The summed E-state index contributed by atoms with van der Waals surface area (Å²) in [6.45, 7) is 1.35. The van der Waals surface area contributed by atoms with Gasteiger partial charge in [-0.1, -0.05) is 43.2 Å². The number of rotatable bonds is 8. The Bertz CT molecular complexity index is 1240. The number of nitrogens with zero attached hydrogens (tertiary/aromatic N) is 1. The van der Waals surface area contributed by atoms with Crippen molar-refractivity contribution in [2.45, 2.75) is 41.2 Å². The highest BCUT2D eigenvalue weighted by molar-refractivity contribution is 7.98. The Labute approximate surface area is 211 Å². The summed E-state index contributed by atoms with van der Waals surface area (Å²) in [4.78, 5) is 16.2. The van der Waals surface area contributed by atoms with Crippen molar-refractivity contribution in [3.05, 3.63) is 83.9 Å². The zero-order chi connectivity index (χ0) is 24.7. The van der Waals surface area contributed by atoms with Gasteiger partial charge in [0.05, 0.1) is 17.6 Å². The zero-order valence-corrected chi connectivity index (χ0v) is 21.4. The number of anilines is 1. The first-order valence-corrected chi connectivity index (χ1v) is 14.2. The number of carbonyl (C=O) groups is 1. The van der Waals surface area contributed by atoms with E-state index in [1.807, 2.05) is 30.3 Å². The maximum absolute atomic E-state index is 13.2. The molecule has 0 unspecified atom stereocenters. The van der Waals surface area contributed by atoms with Gasteiger partial charge in [-0.05, 0) is 60.9 Å². The van der Waals surface area contributed by atoms with Crippen LogP contribution in [0.4, 0.5) is 5.69 Å². The van der Waals surface area contributed by atoms with Crippen molar-refractivity contribution >= 4 is 33.4 Å². The molecule has 0 radical (unpaired) electrons. The molecular formula is C27H30N2O4S2. The van der Waals surface area contributed by atoms with Gasteiger partial charge < -0.3 is 9.64 Å². The minimum absolute atomic E-state index is 0.0279. The first kappa shape index (κ1) is 25.1. The summed E-state index contributed by atoms with van der Waals surface area (Å²) in [7, 11) is -2.40. The lowest BCUT2D eigenvalue weighted by Crippen LogP contribution is -2.32. The van der Waals surface area contributed by atoms with Crippen molar-refractivity contribution in [2.24, 2.45) is 0 Å². The summed E-state index contributed by atoms with van der Waals surface area (Å²) in [5.41, 5.74) is 1.83. The van der Waals surface area contributed by atoms with E-state index in [0.29, 0.717) is 24.5 Å². The van der Waals surface area contributed by atoms with Gasteiger partial charge in [-0.3, -0.25) is 9.52 Å². The number of benzene rings is 3. The van der Waals surface area contributed by atoms with Gasteiger partial charge in [0.2, 0.25) is 0 Å². The summed E-state index contributed by atoms with van der Waals surface area (Å²) in [6.07, 6.45) is 4.10. The number of nitrogens with one attached hydrogen (secondary N) is 1. The largest absolute Gasteiger partial charge is 0.496 e. The molecule has 1 saturated heterocycles.